The number of aromatic nitrogens is 1. The molecule has 2 unspecified atom stereocenters. The highest BCUT2D eigenvalue weighted by Gasteiger charge is 2.43. The number of rotatable bonds is 10. The molecule has 10 nitrogen and oxygen atoms in total. The molecule has 3 heterocycles. The molecule has 194 valence electrons. The summed E-state index contributed by atoms with van der Waals surface area (Å²) in [5.74, 6) is -2.30. The number of carbonyl (C=O) groups excluding carboxylic acids is 3. The molecule has 0 aromatic carbocycles. The quantitative estimate of drug-likeness (QED) is 0.174. The van der Waals surface area contributed by atoms with Gasteiger partial charge in [-0.1, -0.05) is 44.0 Å². The number of carbonyl (C=O) groups is 3. The van der Waals surface area contributed by atoms with Gasteiger partial charge in [0.1, 0.15) is 46.1 Å². The summed E-state index contributed by atoms with van der Waals surface area (Å²) in [6, 6.07) is 0. The van der Waals surface area contributed by atoms with E-state index >= 15 is 0 Å². The van der Waals surface area contributed by atoms with Crippen LogP contribution >= 0.6 is 31.9 Å². The molecule has 0 fully saturated rings. The summed E-state index contributed by atoms with van der Waals surface area (Å²) in [6.07, 6.45) is 2.75. The van der Waals surface area contributed by atoms with Gasteiger partial charge in [-0.15, -0.1) is 0 Å². The first-order valence-corrected chi connectivity index (χ1v) is 12.5. The lowest BCUT2D eigenvalue weighted by molar-refractivity contribution is -0.171. The van der Waals surface area contributed by atoms with Crippen LogP contribution in [0.2, 0.25) is 0 Å². The Morgan fingerprint density at radius 3 is 1.69 bits per heavy atom. The summed E-state index contributed by atoms with van der Waals surface area (Å²) in [5, 5.41) is 21.1. The van der Waals surface area contributed by atoms with Gasteiger partial charge in [-0.25, -0.2) is 0 Å². The van der Waals surface area contributed by atoms with Gasteiger partial charge in [0, 0.05) is 0 Å². The van der Waals surface area contributed by atoms with E-state index in [4.69, 9.17) is 18.9 Å². The van der Waals surface area contributed by atoms with Gasteiger partial charge in [0.05, 0.1) is 17.7 Å². The van der Waals surface area contributed by atoms with Crippen molar-refractivity contribution in [2.24, 2.45) is 5.41 Å². The topological polar surface area (TPSA) is 134 Å². The van der Waals surface area contributed by atoms with Crippen molar-refractivity contribution in [1.82, 2.24) is 4.57 Å². The van der Waals surface area contributed by atoms with E-state index < -0.39 is 57.4 Å². The van der Waals surface area contributed by atoms with Crippen molar-refractivity contribution in [3.63, 3.8) is 0 Å². The Labute approximate surface area is 219 Å². The first kappa shape index (κ1) is 27.5. The molecule has 3 rings (SSSR count). The van der Waals surface area contributed by atoms with Crippen LogP contribution in [0.25, 0.3) is 0 Å². The van der Waals surface area contributed by atoms with Crippen LogP contribution in [0.5, 0.6) is 11.8 Å². The largest absolute Gasteiger partial charge is 0.494 e. The molecule has 1 aromatic rings. The molecule has 0 saturated carbocycles. The van der Waals surface area contributed by atoms with Crippen LogP contribution in [0.1, 0.15) is 58.0 Å². The molecule has 2 atom stereocenters. The maximum atomic E-state index is 13.0. The molecule has 0 amide bonds. The standard InChI is InChI=1S/C23H29Br2NO9/c1-21(2,24)18(29)33-10-23(5,11-34-19(30)22(3,4)25)20(31)32-9-8-26-16(27)14-12-6-7-13(35-12)15(14)17(26)28/h6-7,12-13,27-28H,8-11H2,1-5H3. The zero-order valence-corrected chi connectivity index (χ0v) is 23.3. The summed E-state index contributed by atoms with van der Waals surface area (Å²) >= 11 is 6.41. The van der Waals surface area contributed by atoms with Crippen LogP contribution in [0.3, 0.4) is 0 Å². The van der Waals surface area contributed by atoms with Crippen molar-refractivity contribution in [2.45, 2.75) is 62.0 Å². The fourth-order valence-electron chi connectivity index (χ4n) is 3.54. The minimum Gasteiger partial charge on any atom is -0.494 e. The van der Waals surface area contributed by atoms with Crippen LogP contribution in [0, 0.1) is 5.41 Å². The number of aromatic hydroxyl groups is 2. The highest BCUT2D eigenvalue weighted by Crippen LogP contribution is 2.54. The molecule has 0 radical (unpaired) electrons. The fourth-order valence-corrected chi connectivity index (χ4v) is 3.77. The monoisotopic (exact) mass is 621 g/mol. The highest BCUT2D eigenvalue weighted by atomic mass is 79.9. The Hall–Kier alpha value is -2.05. The summed E-state index contributed by atoms with van der Waals surface area (Å²) in [7, 11) is 0. The first-order chi connectivity index (χ1) is 16.1. The number of nitrogens with zero attached hydrogens (tertiary/aromatic N) is 1. The predicted molar refractivity (Wildman–Crippen MR) is 130 cm³/mol. The van der Waals surface area contributed by atoms with Gasteiger partial charge in [0.2, 0.25) is 11.8 Å². The van der Waals surface area contributed by atoms with Crippen molar-refractivity contribution in [3.05, 3.63) is 23.3 Å². The van der Waals surface area contributed by atoms with Crippen molar-refractivity contribution in [2.75, 3.05) is 19.8 Å². The van der Waals surface area contributed by atoms with E-state index in [0.29, 0.717) is 11.1 Å². The lowest BCUT2D eigenvalue weighted by atomic mass is 9.93. The first-order valence-electron chi connectivity index (χ1n) is 10.9. The Morgan fingerprint density at radius 1 is 0.857 bits per heavy atom. The van der Waals surface area contributed by atoms with E-state index in [-0.39, 0.29) is 24.9 Å². The molecule has 2 aliphatic rings. The Bertz CT molecular complexity index is 983. The SMILES string of the molecule is CC(C)(Br)C(=O)OCC(C)(COC(=O)C(C)(C)Br)C(=O)OCCn1c(O)c2c(c1O)C1C=CC2O1. The number of fused-ring (bicyclic) bond motifs is 5. The van der Waals surface area contributed by atoms with Crippen LogP contribution in [-0.2, 0) is 39.9 Å². The maximum Gasteiger partial charge on any atom is 0.322 e. The second-order valence-corrected chi connectivity index (χ2v) is 13.7. The van der Waals surface area contributed by atoms with Gasteiger partial charge in [-0.3, -0.25) is 19.0 Å². The lowest BCUT2D eigenvalue weighted by Gasteiger charge is -2.28. The predicted octanol–water partition coefficient (Wildman–Crippen LogP) is 3.56. The lowest BCUT2D eigenvalue weighted by Crippen LogP contribution is -2.43. The summed E-state index contributed by atoms with van der Waals surface area (Å²) < 4.78 is 20.9. The maximum absolute atomic E-state index is 13.0. The summed E-state index contributed by atoms with van der Waals surface area (Å²) in [4.78, 5) is 37.5. The molecule has 2 aliphatic heterocycles. The molecule has 0 spiro atoms. The Kier molecular flexibility index (Phi) is 7.69. The second-order valence-electron chi connectivity index (χ2n) is 9.78. The van der Waals surface area contributed by atoms with E-state index in [1.807, 2.05) is 0 Å². The number of alkyl halides is 2. The Balaban J connectivity index is 1.67. The molecule has 2 N–H and O–H groups in total. The van der Waals surface area contributed by atoms with Gasteiger partial charge in [-0.2, -0.15) is 0 Å². The number of esters is 3. The average Bonchev–Trinajstić information content (AvgIpc) is 3.44. The average molecular weight is 623 g/mol. The van der Waals surface area contributed by atoms with Crippen molar-refractivity contribution < 1.29 is 43.5 Å². The third-order valence-corrected chi connectivity index (χ3v) is 6.31. The number of hydrogen-bond acceptors (Lipinski definition) is 9. The van der Waals surface area contributed by atoms with Crippen LogP contribution in [0.15, 0.2) is 12.2 Å². The highest BCUT2D eigenvalue weighted by molar-refractivity contribution is 9.10. The van der Waals surface area contributed by atoms with E-state index in [0.717, 1.165) is 0 Å². The summed E-state index contributed by atoms with van der Waals surface area (Å²) in [5.41, 5.74) is -0.499. The van der Waals surface area contributed by atoms with Crippen molar-refractivity contribution in [3.8, 4) is 11.8 Å². The van der Waals surface area contributed by atoms with Gasteiger partial charge in [0.25, 0.3) is 0 Å². The van der Waals surface area contributed by atoms with Gasteiger partial charge in [0.15, 0.2) is 0 Å². The summed E-state index contributed by atoms with van der Waals surface area (Å²) in [6.45, 7) is 6.82. The van der Waals surface area contributed by atoms with Crippen molar-refractivity contribution in [1.29, 1.82) is 0 Å². The van der Waals surface area contributed by atoms with E-state index in [2.05, 4.69) is 31.9 Å². The number of halogens is 2. The van der Waals surface area contributed by atoms with Crippen LogP contribution in [-0.4, -0.2) is 61.2 Å². The van der Waals surface area contributed by atoms with Crippen molar-refractivity contribution >= 4 is 49.8 Å². The van der Waals surface area contributed by atoms with E-state index in [1.54, 1.807) is 39.8 Å². The zero-order chi connectivity index (χ0) is 26.3. The molecule has 1 aromatic heterocycles. The van der Waals surface area contributed by atoms with E-state index in [1.165, 1.54) is 11.5 Å². The normalized spacial score (nSPS) is 18.9. The molecule has 0 saturated heterocycles. The number of ether oxygens (including phenoxy) is 4. The molecular weight excluding hydrogens is 594 g/mol. The molecule has 35 heavy (non-hydrogen) atoms. The van der Waals surface area contributed by atoms with Gasteiger partial charge >= 0.3 is 17.9 Å². The minimum atomic E-state index is -1.50. The van der Waals surface area contributed by atoms with Crippen LogP contribution < -0.4 is 0 Å². The molecule has 0 aliphatic carbocycles. The molecule has 12 heteroatoms. The fraction of sp³-hybridized carbons (Fsp3) is 0.609. The second kappa shape index (κ2) is 9.78. The van der Waals surface area contributed by atoms with E-state index in [9.17, 15) is 24.6 Å². The third kappa shape index (κ3) is 5.69. The van der Waals surface area contributed by atoms with Gasteiger partial charge in [-0.05, 0) is 34.6 Å². The number of hydrogen-bond donors (Lipinski definition) is 2. The smallest absolute Gasteiger partial charge is 0.322 e. The molecular formula is C23H29Br2NO9. The van der Waals surface area contributed by atoms with Crippen LogP contribution in [0.4, 0.5) is 0 Å². The Morgan fingerprint density at radius 2 is 1.29 bits per heavy atom. The molecule has 2 bridgehead atoms. The third-order valence-electron chi connectivity index (χ3n) is 5.66. The van der Waals surface area contributed by atoms with Gasteiger partial charge < -0.3 is 29.2 Å². The minimum absolute atomic E-state index is 0.0334. The zero-order valence-electron chi connectivity index (χ0n) is 20.1.